The zero-order valence-electron chi connectivity index (χ0n) is 15.2. The molecular formula is C19H17F2N6O2-. The molecule has 3 aliphatic carbocycles. The molecule has 0 saturated heterocycles. The minimum atomic E-state index is -1.12. The maximum absolute atomic E-state index is 14.5. The number of carbonyl (C=O) groups excluding carboxylic acids is 1. The summed E-state index contributed by atoms with van der Waals surface area (Å²) in [5.41, 5.74) is 0.585. The number of rotatable bonds is 4. The third-order valence-electron chi connectivity index (χ3n) is 6.14. The molecule has 8 nitrogen and oxygen atoms in total. The number of anilines is 1. The van der Waals surface area contributed by atoms with Gasteiger partial charge in [-0.3, -0.25) is 5.10 Å². The van der Waals surface area contributed by atoms with E-state index in [-0.39, 0.29) is 29.1 Å². The first-order valence-corrected chi connectivity index (χ1v) is 9.51. The molecule has 2 N–H and O–H groups in total. The first-order valence-electron chi connectivity index (χ1n) is 9.51. The second-order valence-electron chi connectivity index (χ2n) is 7.70. The van der Waals surface area contributed by atoms with Crippen LogP contribution >= 0.6 is 0 Å². The molecule has 0 amide bonds. The smallest absolute Gasteiger partial charge is 0.183 e. The number of aromatic nitrogens is 5. The number of carboxylic acids is 1. The molecule has 0 spiro atoms. The van der Waals surface area contributed by atoms with Crippen molar-refractivity contribution in [1.82, 2.24) is 25.1 Å². The van der Waals surface area contributed by atoms with E-state index in [0.29, 0.717) is 11.1 Å². The largest absolute Gasteiger partial charge is 0.550 e. The minimum absolute atomic E-state index is 0.0254. The molecule has 150 valence electrons. The van der Waals surface area contributed by atoms with Gasteiger partial charge in [0.2, 0.25) is 0 Å². The van der Waals surface area contributed by atoms with E-state index < -0.39 is 29.6 Å². The molecule has 0 aliphatic heterocycles. The van der Waals surface area contributed by atoms with Crippen LogP contribution in [0.2, 0.25) is 0 Å². The molecule has 0 unspecified atom stereocenters. The summed E-state index contributed by atoms with van der Waals surface area (Å²) in [6.45, 7) is 0. The maximum Gasteiger partial charge on any atom is 0.183 e. The quantitative estimate of drug-likeness (QED) is 0.685. The molecule has 3 saturated carbocycles. The molecule has 3 aliphatic rings. The Balaban J connectivity index is 1.51. The number of aromatic amines is 1. The van der Waals surface area contributed by atoms with Gasteiger partial charge in [0.05, 0.1) is 17.8 Å². The Labute approximate surface area is 163 Å². The molecule has 2 atom stereocenters. The Morgan fingerprint density at radius 1 is 1.14 bits per heavy atom. The predicted molar refractivity (Wildman–Crippen MR) is 96.2 cm³/mol. The molecule has 3 aromatic heterocycles. The highest BCUT2D eigenvalue weighted by molar-refractivity contribution is 5.88. The number of hydrogen-bond acceptors (Lipinski definition) is 7. The van der Waals surface area contributed by atoms with Crippen LogP contribution in [0.5, 0.6) is 0 Å². The second kappa shape index (κ2) is 6.71. The lowest BCUT2D eigenvalue weighted by Gasteiger charge is -2.49. The van der Waals surface area contributed by atoms with Crippen LogP contribution < -0.4 is 10.4 Å². The van der Waals surface area contributed by atoms with Crippen LogP contribution in [0.4, 0.5) is 14.6 Å². The van der Waals surface area contributed by atoms with Crippen LogP contribution in [0.25, 0.3) is 22.6 Å². The average molecular weight is 399 g/mol. The fourth-order valence-corrected chi connectivity index (χ4v) is 4.79. The van der Waals surface area contributed by atoms with Crippen molar-refractivity contribution in [3.63, 3.8) is 0 Å². The van der Waals surface area contributed by atoms with Crippen LogP contribution in [-0.2, 0) is 4.79 Å². The van der Waals surface area contributed by atoms with Crippen molar-refractivity contribution in [3.05, 3.63) is 30.1 Å². The summed E-state index contributed by atoms with van der Waals surface area (Å²) in [5, 5.41) is 21.8. The fourth-order valence-electron chi connectivity index (χ4n) is 4.79. The Hall–Kier alpha value is -3.17. The van der Waals surface area contributed by atoms with Gasteiger partial charge in [-0.05, 0) is 43.6 Å². The Bertz CT molecular complexity index is 1100. The van der Waals surface area contributed by atoms with Crippen molar-refractivity contribution in [3.8, 4) is 11.5 Å². The topological polar surface area (TPSA) is 120 Å². The van der Waals surface area contributed by atoms with Gasteiger partial charge in [-0.2, -0.15) is 5.10 Å². The van der Waals surface area contributed by atoms with Gasteiger partial charge in [-0.15, -0.1) is 0 Å². The molecule has 3 fully saturated rings. The highest BCUT2D eigenvalue weighted by atomic mass is 19.1. The lowest BCUT2D eigenvalue weighted by molar-refractivity contribution is -0.316. The minimum Gasteiger partial charge on any atom is -0.550 e. The van der Waals surface area contributed by atoms with Gasteiger partial charge in [0.15, 0.2) is 23.1 Å². The van der Waals surface area contributed by atoms with Crippen molar-refractivity contribution < 1.29 is 18.7 Å². The van der Waals surface area contributed by atoms with Gasteiger partial charge >= 0.3 is 0 Å². The zero-order chi connectivity index (χ0) is 20.1. The van der Waals surface area contributed by atoms with Crippen LogP contribution in [-0.4, -0.2) is 37.2 Å². The zero-order valence-corrected chi connectivity index (χ0v) is 15.2. The number of fused-ring (bicyclic) bond motifs is 4. The molecule has 3 aromatic rings. The predicted octanol–water partition coefficient (Wildman–Crippen LogP) is 1.66. The van der Waals surface area contributed by atoms with E-state index in [1.54, 1.807) is 0 Å². The Morgan fingerprint density at radius 2 is 1.90 bits per heavy atom. The van der Waals surface area contributed by atoms with Gasteiger partial charge in [0.1, 0.15) is 11.5 Å². The monoisotopic (exact) mass is 399 g/mol. The number of aliphatic carboxylic acids is 1. The number of nitrogens with zero attached hydrogens (tertiary/aromatic N) is 4. The van der Waals surface area contributed by atoms with Crippen LogP contribution in [0.15, 0.2) is 18.5 Å². The van der Waals surface area contributed by atoms with E-state index >= 15 is 0 Å². The molecule has 3 heterocycles. The SMILES string of the molecule is O=C([O-])[C@H]1C2CCC(CC2)[C@@H]1Nc1nc(-c2[nH]nc3ncc(F)cc23)ncc1F. The lowest BCUT2D eigenvalue weighted by atomic mass is 9.61. The van der Waals surface area contributed by atoms with Crippen LogP contribution in [0.1, 0.15) is 25.7 Å². The number of hydrogen-bond donors (Lipinski definition) is 2. The van der Waals surface area contributed by atoms with E-state index in [2.05, 4.69) is 30.5 Å². The van der Waals surface area contributed by atoms with Gasteiger partial charge in [-0.25, -0.2) is 23.7 Å². The number of pyridine rings is 1. The Kier molecular flexibility index (Phi) is 4.14. The molecule has 10 heteroatoms. The van der Waals surface area contributed by atoms with E-state index in [1.807, 2.05) is 0 Å². The first-order chi connectivity index (χ1) is 14.0. The summed E-state index contributed by atoms with van der Waals surface area (Å²) in [7, 11) is 0. The van der Waals surface area contributed by atoms with Crippen molar-refractivity contribution in [2.45, 2.75) is 31.7 Å². The fraction of sp³-hybridized carbons (Fsp3) is 0.421. The van der Waals surface area contributed by atoms with Gasteiger partial charge < -0.3 is 15.2 Å². The van der Waals surface area contributed by atoms with Crippen molar-refractivity contribution in [1.29, 1.82) is 0 Å². The standard InChI is InChI=1S/C19H18F2N6O2/c20-10-5-11-15(26-27-16(11)22-6-10)18-23-7-12(21)17(25-18)24-14-9-3-1-8(2-4-9)13(14)19(28)29/h5-9,13-14H,1-4H2,(H,28,29)(H,22,26,27)(H,23,24,25)/p-1/t8?,9?,13-,14-/m0/s1. The summed E-state index contributed by atoms with van der Waals surface area (Å²) in [6.07, 6.45) is 5.52. The molecular weight excluding hydrogens is 382 g/mol. The molecule has 29 heavy (non-hydrogen) atoms. The summed E-state index contributed by atoms with van der Waals surface area (Å²) in [5.74, 6) is -2.89. The summed E-state index contributed by atoms with van der Waals surface area (Å²) in [6, 6.07) is 0.787. The van der Waals surface area contributed by atoms with Crippen molar-refractivity contribution in [2.24, 2.45) is 17.8 Å². The second-order valence-corrected chi connectivity index (χ2v) is 7.70. The number of carbonyl (C=O) groups is 1. The third kappa shape index (κ3) is 2.99. The number of carboxylic acid groups (broad SMARTS) is 1. The maximum atomic E-state index is 14.5. The normalized spacial score (nSPS) is 26.0. The Morgan fingerprint density at radius 3 is 2.66 bits per heavy atom. The average Bonchev–Trinajstić information content (AvgIpc) is 3.13. The van der Waals surface area contributed by atoms with Crippen LogP contribution in [0, 0.1) is 29.4 Å². The van der Waals surface area contributed by atoms with Gasteiger partial charge in [-0.1, -0.05) is 0 Å². The van der Waals surface area contributed by atoms with E-state index in [9.17, 15) is 18.7 Å². The van der Waals surface area contributed by atoms with Gasteiger partial charge in [0.25, 0.3) is 0 Å². The van der Waals surface area contributed by atoms with E-state index in [4.69, 9.17) is 0 Å². The van der Waals surface area contributed by atoms with E-state index in [1.165, 1.54) is 6.07 Å². The highest BCUT2D eigenvalue weighted by Gasteiger charge is 2.44. The number of H-pyrrole nitrogens is 1. The molecule has 6 rings (SSSR count). The van der Waals surface area contributed by atoms with Crippen molar-refractivity contribution in [2.75, 3.05) is 5.32 Å². The van der Waals surface area contributed by atoms with Crippen molar-refractivity contribution >= 4 is 22.8 Å². The van der Waals surface area contributed by atoms with Crippen LogP contribution in [0.3, 0.4) is 0 Å². The first kappa shape index (κ1) is 17.9. The van der Waals surface area contributed by atoms with E-state index in [0.717, 1.165) is 38.1 Å². The summed E-state index contributed by atoms with van der Waals surface area (Å²) >= 11 is 0. The lowest BCUT2D eigenvalue weighted by Crippen LogP contribution is -2.55. The summed E-state index contributed by atoms with van der Waals surface area (Å²) in [4.78, 5) is 23.8. The third-order valence-corrected chi connectivity index (χ3v) is 6.14. The van der Waals surface area contributed by atoms with Gasteiger partial charge in [0, 0.05) is 17.9 Å². The summed E-state index contributed by atoms with van der Waals surface area (Å²) < 4.78 is 28.1. The molecule has 0 radical (unpaired) electrons. The number of halogens is 2. The molecule has 0 aromatic carbocycles. The molecule has 2 bridgehead atoms. The number of nitrogens with one attached hydrogen (secondary N) is 2. The highest BCUT2D eigenvalue weighted by Crippen LogP contribution is 2.46.